The Morgan fingerprint density at radius 3 is 2.59 bits per heavy atom. The van der Waals surface area contributed by atoms with E-state index < -0.39 is 10.8 Å². The zero-order chi connectivity index (χ0) is 12.3. The molecule has 2 rings (SSSR count). The smallest absolute Gasteiger partial charge is 0.0630 e. The molecular weight excluding hydrogens is 256 g/mol. The van der Waals surface area contributed by atoms with E-state index >= 15 is 0 Å². The molecular formula is C12H11ClN2OS. The van der Waals surface area contributed by atoms with Crippen LogP contribution in [0.15, 0.2) is 47.6 Å². The summed E-state index contributed by atoms with van der Waals surface area (Å²) in [4.78, 5) is 4.63. The number of nitrogens with two attached hydrogens (primary N) is 1. The lowest BCUT2D eigenvalue weighted by Crippen LogP contribution is -1.98. The highest BCUT2D eigenvalue weighted by Gasteiger charge is 2.07. The van der Waals surface area contributed by atoms with Crippen molar-refractivity contribution in [3.05, 3.63) is 53.3 Å². The summed E-state index contributed by atoms with van der Waals surface area (Å²) in [6, 6.07) is 8.78. The summed E-state index contributed by atoms with van der Waals surface area (Å²) >= 11 is 5.96. The van der Waals surface area contributed by atoms with Crippen molar-refractivity contribution in [3.8, 4) is 0 Å². The molecule has 0 bridgehead atoms. The topological polar surface area (TPSA) is 56.0 Å². The van der Waals surface area contributed by atoms with Gasteiger partial charge < -0.3 is 5.73 Å². The summed E-state index contributed by atoms with van der Waals surface area (Å²) < 4.78 is 12.1. The average molecular weight is 267 g/mol. The van der Waals surface area contributed by atoms with E-state index in [2.05, 4.69) is 4.98 Å². The summed E-state index contributed by atoms with van der Waals surface area (Å²) in [5.74, 6) is 0.380. The minimum atomic E-state index is -1.12. The van der Waals surface area contributed by atoms with Gasteiger partial charge >= 0.3 is 0 Å². The Labute approximate surface area is 107 Å². The van der Waals surface area contributed by atoms with Crippen molar-refractivity contribution in [2.45, 2.75) is 10.6 Å². The Balaban J connectivity index is 2.17. The van der Waals surface area contributed by atoms with E-state index in [0.29, 0.717) is 16.5 Å². The van der Waals surface area contributed by atoms with Gasteiger partial charge in [-0.15, -0.1) is 0 Å². The molecule has 0 saturated carbocycles. The molecule has 17 heavy (non-hydrogen) atoms. The lowest BCUT2D eigenvalue weighted by Gasteiger charge is -2.04. The number of pyridine rings is 1. The minimum absolute atomic E-state index is 0.380. The van der Waals surface area contributed by atoms with Crippen LogP contribution in [0.25, 0.3) is 0 Å². The fourth-order valence-electron chi connectivity index (χ4n) is 1.37. The Bertz CT molecular complexity index is 542. The number of benzene rings is 1. The second-order valence-corrected chi connectivity index (χ2v) is 5.38. The van der Waals surface area contributed by atoms with Gasteiger partial charge in [-0.05, 0) is 35.9 Å². The Hall–Kier alpha value is -1.39. The Kier molecular flexibility index (Phi) is 3.76. The highest BCUT2D eigenvalue weighted by Crippen LogP contribution is 2.19. The standard InChI is InChI=1S/C12H11ClN2OS/c13-12-7-15-6-5-9(12)8-17(16)11-3-1-10(14)2-4-11/h1-7H,8,14H2. The van der Waals surface area contributed by atoms with Crippen molar-refractivity contribution >= 4 is 28.1 Å². The van der Waals surface area contributed by atoms with Gasteiger partial charge in [0.05, 0.1) is 21.6 Å². The third kappa shape index (κ3) is 3.05. The van der Waals surface area contributed by atoms with E-state index in [0.717, 1.165) is 10.5 Å². The van der Waals surface area contributed by atoms with Gasteiger partial charge in [-0.2, -0.15) is 0 Å². The molecule has 0 spiro atoms. The van der Waals surface area contributed by atoms with Crippen LogP contribution in [0.3, 0.4) is 0 Å². The lowest BCUT2D eigenvalue weighted by atomic mass is 10.3. The van der Waals surface area contributed by atoms with Crippen LogP contribution in [0.1, 0.15) is 5.56 Å². The first-order valence-electron chi connectivity index (χ1n) is 4.99. The van der Waals surface area contributed by atoms with Crippen molar-refractivity contribution in [1.29, 1.82) is 0 Å². The molecule has 0 aliphatic rings. The molecule has 1 atom stereocenters. The van der Waals surface area contributed by atoms with Crippen molar-refractivity contribution in [3.63, 3.8) is 0 Å². The molecule has 1 aromatic carbocycles. The van der Waals surface area contributed by atoms with Crippen LogP contribution in [0.4, 0.5) is 5.69 Å². The summed E-state index contributed by atoms with van der Waals surface area (Å²) in [5.41, 5.74) is 7.07. The summed E-state index contributed by atoms with van der Waals surface area (Å²) in [6.07, 6.45) is 3.19. The zero-order valence-corrected chi connectivity index (χ0v) is 10.5. The molecule has 0 fully saturated rings. The van der Waals surface area contributed by atoms with Gasteiger partial charge in [-0.1, -0.05) is 11.6 Å². The van der Waals surface area contributed by atoms with Gasteiger partial charge in [0.2, 0.25) is 0 Å². The number of hydrogen-bond donors (Lipinski definition) is 1. The third-order valence-electron chi connectivity index (χ3n) is 2.29. The zero-order valence-electron chi connectivity index (χ0n) is 8.97. The second-order valence-electron chi connectivity index (χ2n) is 3.53. The molecule has 0 aliphatic heterocycles. The van der Waals surface area contributed by atoms with Gasteiger partial charge in [-0.3, -0.25) is 9.19 Å². The molecule has 1 unspecified atom stereocenters. The van der Waals surface area contributed by atoms with Gasteiger partial charge in [0.1, 0.15) is 0 Å². The number of halogens is 1. The molecule has 2 aromatic rings. The van der Waals surface area contributed by atoms with E-state index in [4.69, 9.17) is 17.3 Å². The lowest BCUT2D eigenvalue weighted by molar-refractivity contribution is 0.682. The molecule has 1 heterocycles. The van der Waals surface area contributed by atoms with Crippen LogP contribution in [-0.4, -0.2) is 9.19 Å². The molecule has 0 radical (unpaired) electrons. The first-order chi connectivity index (χ1) is 8.16. The molecule has 5 heteroatoms. The average Bonchev–Trinajstić information content (AvgIpc) is 2.33. The number of hydrogen-bond acceptors (Lipinski definition) is 3. The van der Waals surface area contributed by atoms with E-state index in [9.17, 15) is 4.21 Å². The van der Waals surface area contributed by atoms with Crippen LogP contribution in [-0.2, 0) is 16.6 Å². The van der Waals surface area contributed by atoms with Crippen LogP contribution in [0.5, 0.6) is 0 Å². The molecule has 0 amide bonds. The number of anilines is 1. The first kappa shape index (κ1) is 12.1. The van der Waals surface area contributed by atoms with Crippen LogP contribution in [0.2, 0.25) is 5.02 Å². The first-order valence-corrected chi connectivity index (χ1v) is 6.69. The van der Waals surface area contributed by atoms with Crippen LogP contribution < -0.4 is 5.73 Å². The maximum Gasteiger partial charge on any atom is 0.0630 e. The summed E-state index contributed by atoms with van der Waals surface area (Å²) in [7, 11) is -1.12. The second kappa shape index (κ2) is 5.29. The van der Waals surface area contributed by atoms with Crippen molar-refractivity contribution in [1.82, 2.24) is 4.98 Å². The quantitative estimate of drug-likeness (QED) is 0.869. The summed E-state index contributed by atoms with van der Waals surface area (Å²) in [5, 5.41) is 0.538. The fourth-order valence-corrected chi connectivity index (χ4v) is 2.77. The number of rotatable bonds is 3. The van der Waals surface area contributed by atoms with Gasteiger partial charge in [-0.25, -0.2) is 0 Å². The minimum Gasteiger partial charge on any atom is -0.399 e. The fraction of sp³-hybridized carbons (Fsp3) is 0.0833. The highest BCUT2D eigenvalue weighted by atomic mass is 35.5. The van der Waals surface area contributed by atoms with Crippen molar-refractivity contribution in [2.24, 2.45) is 0 Å². The molecule has 0 aliphatic carbocycles. The summed E-state index contributed by atoms with van der Waals surface area (Å²) in [6.45, 7) is 0. The van der Waals surface area contributed by atoms with Gasteiger partial charge in [0, 0.05) is 23.0 Å². The Morgan fingerprint density at radius 2 is 1.94 bits per heavy atom. The monoisotopic (exact) mass is 266 g/mol. The predicted molar refractivity (Wildman–Crippen MR) is 70.2 cm³/mol. The van der Waals surface area contributed by atoms with Gasteiger partial charge in [0.15, 0.2) is 0 Å². The Morgan fingerprint density at radius 1 is 1.24 bits per heavy atom. The maximum atomic E-state index is 12.1. The maximum absolute atomic E-state index is 12.1. The number of aromatic nitrogens is 1. The van der Waals surface area contributed by atoms with E-state index in [1.54, 1.807) is 42.7 Å². The highest BCUT2D eigenvalue weighted by molar-refractivity contribution is 7.84. The van der Waals surface area contributed by atoms with Crippen LogP contribution >= 0.6 is 11.6 Å². The predicted octanol–water partition coefficient (Wildman–Crippen LogP) is 2.63. The van der Waals surface area contributed by atoms with E-state index in [-0.39, 0.29) is 0 Å². The van der Waals surface area contributed by atoms with Gasteiger partial charge in [0.25, 0.3) is 0 Å². The largest absolute Gasteiger partial charge is 0.399 e. The molecule has 3 nitrogen and oxygen atoms in total. The SMILES string of the molecule is Nc1ccc(S(=O)Cc2ccncc2Cl)cc1. The normalized spacial score (nSPS) is 12.3. The third-order valence-corrected chi connectivity index (χ3v) is 4.00. The number of nitrogen functional groups attached to an aromatic ring is 1. The van der Waals surface area contributed by atoms with Crippen molar-refractivity contribution < 1.29 is 4.21 Å². The van der Waals surface area contributed by atoms with E-state index in [1.807, 2.05) is 0 Å². The van der Waals surface area contributed by atoms with Crippen LogP contribution in [0, 0.1) is 0 Å². The van der Waals surface area contributed by atoms with Crippen molar-refractivity contribution in [2.75, 3.05) is 5.73 Å². The molecule has 0 saturated heterocycles. The molecule has 88 valence electrons. The molecule has 2 N–H and O–H groups in total. The number of nitrogens with zero attached hydrogens (tertiary/aromatic N) is 1. The molecule has 1 aromatic heterocycles. The van der Waals surface area contributed by atoms with E-state index in [1.165, 1.54) is 0 Å².